The zero-order valence-electron chi connectivity index (χ0n) is 11.6. The molecular formula is C16H21N3. The Labute approximate surface area is 115 Å². The van der Waals surface area contributed by atoms with Gasteiger partial charge in [0.15, 0.2) is 0 Å². The summed E-state index contributed by atoms with van der Waals surface area (Å²) in [7, 11) is 2.00. The van der Waals surface area contributed by atoms with Crippen molar-refractivity contribution in [3.63, 3.8) is 0 Å². The second-order valence-corrected chi connectivity index (χ2v) is 4.77. The molecule has 1 atom stereocenters. The molecule has 0 aliphatic heterocycles. The molecule has 0 bridgehead atoms. The van der Waals surface area contributed by atoms with Gasteiger partial charge < -0.3 is 5.32 Å². The molecule has 0 aliphatic rings. The monoisotopic (exact) mass is 255 g/mol. The number of nitrogens with one attached hydrogen (secondary N) is 1. The average molecular weight is 255 g/mol. The maximum Gasteiger partial charge on any atom is 0.0419 e. The van der Waals surface area contributed by atoms with Crippen LogP contribution in [0.25, 0.3) is 0 Å². The highest BCUT2D eigenvalue weighted by atomic mass is 14.9. The van der Waals surface area contributed by atoms with Gasteiger partial charge in [-0.05, 0) is 43.1 Å². The van der Waals surface area contributed by atoms with E-state index < -0.39 is 0 Å². The Morgan fingerprint density at radius 3 is 2.58 bits per heavy atom. The van der Waals surface area contributed by atoms with Gasteiger partial charge in [0.1, 0.15) is 0 Å². The smallest absolute Gasteiger partial charge is 0.0419 e. The van der Waals surface area contributed by atoms with Crippen LogP contribution in [0, 0.1) is 0 Å². The Morgan fingerprint density at radius 2 is 2.00 bits per heavy atom. The summed E-state index contributed by atoms with van der Waals surface area (Å²) in [5, 5.41) is 3.36. The van der Waals surface area contributed by atoms with E-state index in [0.717, 1.165) is 25.0 Å². The van der Waals surface area contributed by atoms with E-state index in [-0.39, 0.29) is 0 Å². The SMILES string of the molecule is CCc1ccc(CC(Cc2cccnc2)NC)nc1. The highest BCUT2D eigenvalue weighted by Crippen LogP contribution is 2.08. The van der Waals surface area contributed by atoms with Crippen molar-refractivity contribution in [2.24, 2.45) is 0 Å². The number of rotatable bonds is 6. The molecule has 0 spiro atoms. The van der Waals surface area contributed by atoms with Gasteiger partial charge in [0.2, 0.25) is 0 Å². The van der Waals surface area contributed by atoms with Gasteiger partial charge in [-0.15, -0.1) is 0 Å². The number of hydrogen-bond donors (Lipinski definition) is 1. The molecule has 0 radical (unpaired) electrons. The van der Waals surface area contributed by atoms with Crippen LogP contribution >= 0.6 is 0 Å². The Balaban J connectivity index is 1.98. The standard InChI is InChI=1S/C16H21N3/c1-3-13-6-7-15(19-12-13)10-16(17-2)9-14-5-4-8-18-11-14/h4-8,11-12,16-17H,3,9-10H2,1-2H3. The van der Waals surface area contributed by atoms with Crippen LogP contribution in [0.5, 0.6) is 0 Å². The zero-order chi connectivity index (χ0) is 13.5. The predicted molar refractivity (Wildman–Crippen MR) is 78.1 cm³/mol. The van der Waals surface area contributed by atoms with Gasteiger partial charge in [0.25, 0.3) is 0 Å². The Hall–Kier alpha value is -1.74. The van der Waals surface area contributed by atoms with Gasteiger partial charge >= 0.3 is 0 Å². The van der Waals surface area contributed by atoms with E-state index in [1.807, 2.05) is 31.7 Å². The van der Waals surface area contributed by atoms with Gasteiger partial charge in [0, 0.05) is 36.7 Å². The maximum absolute atomic E-state index is 4.52. The maximum atomic E-state index is 4.52. The number of aromatic nitrogens is 2. The van der Waals surface area contributed by atoms with E-state index in [1.54, 1.807) is 0 Å². The third kappa shape index (κ3) is 4.14. The van der Waals surface area contributed by atoms with E-state index in [1.165, 1.54) is 11.1 Å². The summed E-state index contributed by atoms with van der Waals surface area (Å²) in [5.41, 5.74) is 3.68. The summed E-state index contributed by atoms with van der Waals surface area (Å²) in [5.74, 6) is 0. The number of nitrogens with zero attached hydrogens (tertiary/aromatic N) is 2. The van der Waals surface area contributed by atoms with Crippen LogP contribution in [-0.2, 0) is 19.3 Å². The first-order chi connectivity index (χ1) is 9.31. The molecule has 0 aromatic carbocycles. The van der Waals surface area contributed by atoms with Gasteiger partial charge in [-0.2, -0.15) is 0 Å². The summed E-state index contributed by atoms with van der Waals surface area (Å²) >= 11 is 0. The van der Waals surface area contributed by atoms with Crippen LogP contribution in [0.4, 0.5) is 0 Å². The van der Waals surface area contributed by atoms with Crippen molar-refractivity contribution in [1.29, 1.82) is 0 Å². The number of aryl methyl sites for hydroxylation is 1. The Bertz CT molecular complexity index is 479. The minimum Gasteiger partial charge on any atom is -0.316 e. The van der Waals surface area contributed by atoms with Crippen LogP contribution in [-0.4, -0.2) is 23.1 Å². The van der Waals surface area contributed by atoms with Crippen LogP contribution in [0.2, 0.25) is 0 Å². The molecule has 2 heterocycles. The predicted octanol–water partition coefficient (Wildman–Crippen LogP) is 2.41. The fourth-order valence-electron chi connectivity index (χ4n) is 2.12. The van der Waals surface area contributed by atoms with E-state index >= 15 is 0 Å². The van der Waals surface area contributed by atoms with Crippen molar-refractivity contribution in [2.45, 2.75) is 32.2 Å². The minimum atomic E-state index is 0.393. The van der Waals surface area contributed by atoms with Crippen molar-refractivity contribution >= 4 is 0 Å². The molecule has 19 heavy (non-hydrogen) atoms. The fourth-order valence-corrected chi connectivity index (χ4v) is 2.12. The molecule has 2 rings (SSSR count). The lowest BCUT2D eigenvalue weighted by atomic mass is 10.0. The molecule has 0 aliphatic carbocycles. The van der Waals surface area contributed by atoms with Crippen LogP contribution < -0.4 is 5.32 Å². The second-order valence-electron chi connectivity index (χ2n) is 4.77. The molecule has 0 saturated carbocycles. The number of pyridine rings is 2. The zero-order valence-corrected chi connectivity index (χ0v) is 11.6. The molecule has 2 aromatic heterocycles. The number of hydrogen-bond acceptors (Lipinski definition) is 3. The van der Waals surface area contributed by atoms with Gasteiger partial charge in [-0.3, -0.25) is 9.97 Å². The van der Waals surface area contributed by atoms with E-state index in [9.17, 15) is 0 Å². The van der Waals surface area contributed by atoms with Gasteiger partial charge in [0.05, 0.1) is 0 Å². The topological polar surface area (TPSA) is 37.8 Å². The van der Waals surface area contributed by atoms with Crippen LogP contribution in [0.3, 0.4) is 0 Å². The first-order valence-electron chi connectivity index (χ1n) is 6.81. The van der Waals surface area contributed by atoms with Gasteiger partial charge in [-0.1, -0.05) is 19.1 Å². The van der Waals surface area contributed by atoms with Crippen molar-refractivity contribution in [3.8, 4) is 0 Å². The first kappa shape index (κ1) is 13.7. The summed E-state index contributed by atoms with van der Waals surface area (Å²) in [6.07, 6.45) is 8.67. The third-order valence-corrected chi connectivity index (χ3v) is 3.36. The molecule has 1 unspecified atom stereocenters. The molecule has 0 saturated heterocycles. The first-order valence-corrected chi connectivity index (χ1v) is 6.81. The second kappa shape index (κ2) is 7.00. The molecule has 0 fully saturated rings. The van der Waals surface area contributed by atoms with E-state index in [0.29, 0.717) is 6.04 Å². The summed E-state index contributed by atoms with van der Waals surface area (Å²) < 4.78 is 0. The quantitative estimate of drug-likeness (QED) is 0.861. The van der Waals surface area contributed by atoms with Crippen LogP contribution in [0.1, 0.15) is 23.7 Å². The summed E-state index contributed by atoms with van der Waals surface area (Å²) in [6.45, 7) is 2.15. The van der Waals surface area contributed by atoms with Crippen molar-refractivity contribution in [2.75, 3.05) is 7.05 Å². The molecule has 0 amide bonds. The van der Waals surface area contributed by atoms with Crippen LogP contribution in [0.15, 0.2) is 42.9 Å². The van der Waals surface area contributed by atoms with Crippen molar-refractivity contribution in [3.05, 3.63) is 59.7 Å². The number of likely N-dealkylation sites (N-methyl/N-ethyl adjacent to an activating group) is 1. The Morgan fingerprint density at radius 1 is 1.11 bits per heavy atom. The van der Waals surface area contributed by atoms with E-state index in [4.69, 9.17) is 0 Å². The lowest BCUT2D eigenvalue weighted by molar-refractivity contribution is 0.549. The molecule has 2 aromatic rings. The molecule has 1 N–H and O–H groups in total. The van der Waals surface area contributed by atoms with Crippen molar-refractivity contribution < 1.29 is 0 Å². The summed E-state index contributed by atoms with van der Waals surface area (Å²) in [6, 6.07) is 8.79. The lowest BCUT2D eigenvalue weighted by Crippen LogP contribution is -2.30. The minimum absolute atomic E-state index is 0.393. The molecule has 3 nitrogen and oxygen atoms in total. The Kier molecular flexibility index (Phi) is 5.04. The fraction of sp³-hybridized carbons (Fsp3) is 0.375. The third-order valence-electron chi connectivity index (χ3n) is 3.36. The molecular weight excluding hydrogens is 234 g/mol. The van der Waals surface area contributed by atoms with Gasteiger partial charge in [-0.25, -0.2) is 0 Å². The lowest BCUT2D eigenvalue weighted by Gasteiger charge is -2.15. The summed E-state index contributed by atoms with van der Waals surface area (Å²) in [4.78, 5) is 8.68. The largest absolute Gasteiger partial charge is 0.316 e. The molecule has 100 valence electrons. The normalized spacial score (nSPS) is 12.3. The van der Waals surface area contributed by atoms with E-state index in [2.05, 4.69) is 40.4 Å². The molecule has 3 heteroatoms. The highest BCUT2D eigenvalue weighted by molar-refractivity contribution is 5.16. The van der Waals surface area contributed by atoms with Crippen molar-refractivity contribution in [1.82, 2.24) is 15.3 Å². The highest BCUT2D eigenvalue weighted by Gasteiger charge is 2.09. The average Bonchev–Trinajstić information content (AvgIpc) is 2.48.